The molecule has 3 heteroatoms. The van der Waals surface area contributed by atoms with Crippen LogP contribution in [0.4, 0.5) is 0 Å². The Kier molecular flexibility index (Phi) is 9.62. The third kappa shape index (κ3) is 5.27. The summed E-state index contributed by atoms with van der Waals surface area (Å²) in [5, 5.41) is 0. The van der Waals surface area contributed by atoms with Crippen molar-refractivity contribution in [2.45, 2.75) is 6.42 Å². The van der Waals surface area contributed by atoms with Crippen LogP contribution in [0, 0.1) is 6.08 Å². The van der Waals surface area contributed by atoms with Gasteiger partial charge in [-0.1, -0.05) is 4.86 Å². The van der Waals surface area contributed by atoms with E-state index in [0.29, 0.717) is 0 Å². The molecule has 44 valence electrons. The fraction of sp³-hybridized carbons (Fsp3) is 0.167. The van der Waals surface area contributed by atoms with Gasteiger partial charge in [0.05, 0.1) is 0 Å². The Morgan fingerprint density at radius 3 is 2.44 bits per heavy atom. The summed E-state index contributed by atoms with van der Waals surface area (Å²) < 4.78 is 0. The van der Waals surface area contributed by atoms with Gasteiger partial charge in [-0.3, -0.25) is 0 Å². The fourth-order valence-electron chi connectivity index (χ4n) is 0.443. The van der Waals surface area contributed by atoms with Crippen molar-refractivity contribution in [2.24, 2.45) is 0 Å². The van der Waals surface area contributed by atoms with Crippen LogP contribution in [0.3, 0.4) is 0 Å². The Bertz CT molecular complexity index is 140. The molecule has 0 aliphatic heterocycles. The van der Waals surface area contributed by atoms with Crippen LogP contribution < -0.4 is 17.0 Å². The van der Waals surface area contributed by atoms with E-state index in [1.807, 2.05) is 18.2 Å². The van der Waals surface area contributed by atoms with Gasteiger partial charge in [0.25, 0.3) is 0 Å². The van der Waals surface area contributed by atoms with Crippen molar-refractivity contribution in [3.05, 3.63) is 24.3 Å². The van der Waals surface area contributed by atoms with Gasteiger partial charge >= 0.3 is 23.1 Å². The smallest absolute Gasteiger partial charge is 1.00 e. The van der Waals surface area contributed by atoms with Crippen LogP contribution in [-0.4, -0.2) is 27.9 Å². The number of allylic oxidation sites excluding steroid dienone is 4. The molecule has 0 spiro atoms. The van der Waals surface area contributed by atoms with Gasteiger partial charge in [-0.2, -0.15) is 6.08 Å². The van der Waals surface area contributed by atoms with Crippen molar-refractivity contribution in [1.29, 1.82) is 0 Å². The first-order chi connectivity index (χ1) is 3.39. The van der Waals surface area contributed by atoms with Crippen LogP contribution in [0.1, 0.15) is 6.42 Å². The van der Waals surface area contributed by atoms with Crippen LogP contribution in [-0.2, 0) is 0 Å². The number of thiocarbonyl (C=S) groups is 1. The molecule has 0 saturated carbocycles. The van der Waals surface area contributed by atoms with Gasteiger partial charge < -0.3 is 17.0 Å². The van der Waals surface area contributed by atoms with Crippen LogP contribution in [0.5, 0.6) is 0 Å². The zero-order chi connectivity index (χ0) is 5.11. The second kappa shape index (κ2) is 6.93. The van der Waals surface area contributed by atoms with E-state index >= 15 is 0 Å². The summed E-state index contributed by atoms with van der Waals surface area (Å²) in [6, 6.07) is 0. The molecule has 0 saturated heterocycles. The Hall–Kier alpha value is 0.816. The van der Waals surface area contributed by atoms with E-state index in [-0.39, 0.29) is 40.0 Å². The van der Waals surface area contributed by atoms with Gasteiger partial charge in [0, 0.05) is 0 Å². The first-order valence-corrected chi connectivity index (χ1v) is 2.58. The van der Waals surface area contributed by atoms with E-state index in [0.717, 1.165) is 11.3 Å². The molecule has 1 aliphatic rings. The van der Waals surface area contributed by atoms with E-state index in [9.17, 15) is 0 Å². The molecule has 0 bridgehead atoms. The maximum atomic E-state index is 4.81. The first kappa shape index (κ1) is 12.5. The Morgan fingerprint density at radius 2 is 2.22 bits per heavy atom. The Balaban J connectivity index is 0. The van der Waals surface area contributed by atoms with E-state index < -0.39 is 0 Å². The quantitative estimate of drug-likeness (QED) is 0.263. The van der Waals surface area contributed by atoms with E-state index in [4.69, 9.17) is 12.2 Å². The number of halogens is 1. The Labute approximate surface area is 87.3 Å². The minimum absolute atomic E-state index is 0. The summed E-state index contributed by atoms with van der Waals surface area (Å²) >= 11 is 4.81. The number of rotatable bonds is 0. The third-order valence-corrected chi connectivity index (χ3v) is 1.06. The SMILES string of the molecule is S=C1[C-]=CC=CC1.[Br-].[Mg+2]. The topological polar surface area (TPSA) is 0 Å². The zero-order valence-electron chi connectivity index (χ0n) is 4.93. The normalized spacial score (nSPS) is 14.0. The van der Waals surface area contributed by atoms with Gasteiger partial charge in [-0.25, -0.2) is 18.2 Å². The maximum Gasteiger partial charge on any atom is 2.00 e. The monoisotopic (exact) mass is 212 g/mol. The number of hydrogen-bond acceptors (Lipinski definition) is 1. The minimum Gasteiger partial charge on any atom is -1.00 e. The van der Waals surface area contributed by atoms with Gasteiger partial charge in [-0.05, 0) is 6.42 Å². The second-order valence-electron chi connectivity index (χ2n) is 1.37. The molecular weight excluding hydrogens is 208 g/mol. The van der Waals surface area contributed by atoms with E-state index in [1.165, 1.54) is 0 Å². The van der Waals surface area contributed by atoms with E-state index in [2.05, 4.69) is 6.08 Å². The number of hydrogen-bond donors (Lipinski definition) is 0. The summed E-state index contributed by atoms with van der Waals surface area (Å²) in [5.74, 6) is 0. The van der Waals surface area contributed by atoms with Crippen molar-refractivity contribution in [2.75, 3.05) is 0 Å². The summed E-state index contributed by atoms with van der Waals surface area (Å²) in [5.41, 5.74) is 0. The second-order valence-corrected chi connectivity index (χ2v) is 1.86. The molecule has 0 amide bonds. The third-order valence-electron chi connectivity index (χ3n) is 0.780. The molecule has 0 aromatic heterocycles. The van der Waals surface area contributed by atoms with Crippen LogP contribution in [0.25, 0.3) is 0 Å². The molecule has 0 unspecified atom stereocenters. The standard InChI is InChI=1S/C6H5S.BrH.Mg/c7-6-4-2-1-3-5-6;;/h1-3H,4H2;1H;/q-1;;+2/p-1. The van der Waals surface area contributed by atoms with Crippen molar-refractivity contribution >= 4 is 40.1 Å². The molecule has 0 atom stereocenters. The van der Waals surface area contributed by atoms with Crippen LogP contribution in [0.2, 0.25) is 0 Å². The maximum absolute atomic E-state index is 4.81. The molecule has 0 fully saturated rings. The van der Waals surface area contributed by atoms with Crippen molar-refractivity contribution in [1.82, 2.24) is 0 Å². The average molecular weight is 213 g/mol. The molecule has 0 radical (unpaired) electrons. The van der Waals surface area contributed by atoms with Crippen molar-refractivity contribution in [3.8, 4) is 0 Å². The van der Waals surface area contributed by atoms with Crippen LogP contribution in [0.15, 0.2) is 18.2 Å². The summed E-state index contributed by atoms with van der Waals surface area (Å²) in [6.07, 6.45) is 9.62. The molecule has 1 rings (SSSR count). The van der Waals surface area contributed by atoms with Gasteiger partial charge in [0.1, 0.15) is 0 Å². The van der Waals surface area contributed by atoms with Crippen molar-refractivity contribution in [3.63, 3.8) is 0 Å². The van der Waals surface area contributed by atoms with Gasteiger partial charge in [0.15, 0.2) is 0 Å². The molecule has 0 aromatic rings. The van der Waals surface area contributed by atoms with Gasteiger partial charge in [0.2, 0.25) is 0 Å². The molecule has 0 N–H and O–H groups in total. The predicted octanol–water partition coefficient (Wildman–Crippen LogP) is -1.70. The minimum atomic E-state index is 0. The van der Waals surface area contributed by atoms with Crippen molar-refractivity contribution < 1.29 is 17.0 Å². The molecule has 1 aliphatic carbocycles. The average Bonchev–Trinajstić information content (AvgIpc) is 1.69. The molecule has 9 heavy (non-hydrogen) atoms. The van der Waals surface area contributed by atoms with E-state index in [1.54, 1.807) is 0 Å². The zero-order valence-corrected chi connectivity index (χ0v) is 8.75. The van der Waals surface area contributed by atoms with Gasteiger partial charge in [-0.15, -0.1) is 12.2 Å². The molecule has 0 nitrogen and oxygen atoms in total. The van der Waals surface area contributed by atoms with Crippen LogP contribution >= 0.6 is 12.2 Å². The first-order valence-electron chi connectivity index (χ1n) is 2.17. The summed E-state index contributed by atoms with van der Waals surface area (Å²) in [4.78, 5) is 0.905. The molecular formula is C6H5BrMgS. The molecule has 0 aromatic carbocycles. The fourth-order valence-corrected chi connectivity index (χ4v) is 0.607. The predicted molar refractivity (Wildman–Crippen MR) is 39.9 cm³/mol. The summed E-state index contributed by atoms with van der Waals surface area (Å²) in [6.45, 7) is 0. The largest absolute Gasteiger partial charge is 2.00 e. The Morgan fingerprint density at radius 1 is 1.56 bits per heavy atom. The summed E-state index contributed by atoms with van der Waals surface area (Å²) in [7, 11) is 0. The molecule has 0 heterocycles.